The van der Waals surface area contributed by atoms with Crippen LogP contribution in [-0.4, -0.2) is 22.9 Å². The van der Waals surface area contributed by atoms with Gasteiger partial charge in [-0.15, -0.1) is 0 Å². The number of carbonyl (C=O) groups is 3. The molecule has 1 aliphatic carbocycles. The minimum Gasteiger partial charge on any atom is -0.344 e. The lowest BCUT2D eigenvalue weighted by Gasteiger charge is -2.27. The molecule has 0 saturated carbocycles. The van der Waals surface area contributed by atoms with Crippen LogP contribution >= 0.6 is 0 Å². The van der Waals surface area contributed by atoms with Crippen molar-refractivity contribution in [3.05, 3.63) is 76.5 Å². The fourth-order valence-electron chi connectivity index (χ4n) is 3.47. The number of rotatable bonds is 5. The van der Waals surface area contributed by atoms with Gasteiger partial charge in [0.05, 0.1) is 6.04 Å². The summed E-state index contributed by atoms with van der Waals surface area (Å²) >= 11 is 0. The second-order valence-corrected chi connectivity index (χ2v) is 6.92. The molecule has 3 amide bonds. The van der Waals surface area contributed by atoms with Crippen LogP contribution in [0.15, 0.2) is 54.2 Å². The monoisotopic (exact) mass is 393 g/mol. The van der Waals surface area contributed by atoms with Crippen LogP contribution in [0.3, 0.4) is 0 Å². The summed E-state index contributed by atoms with van der Waals surface area (Å²) in [5.41, 5.74) is 4.85. The van der Waals surface area contributed by atoms with Crippen LogP contribution < -0.4 is 16.1 Å². The number of hydrogen-bond donors (Lipinski definition) is 4. The maximum atomic E-state index is 12.9. The minimum atomic E-state index is -0.572. The normalized spacial score (nSPS) is 15.8. The summed E-state index contributed by atoms with van der Waals surface area (Å²) in [5.74, 6) is -1.28. The van der Waals surface area contributed by atoms with E-state index in [1.165, 1.54) is 6.92 Å². The van der Waals surface area contributed by atoms with E-state index >= 15 is 0 Å². The molecular weight excluding hydrogens is 370 g/mol. The predicted molar refractivity (Wildman–Crippen MR) is 108 cm³/mol. The summed E-state index contributed by atoms with van der Waals surface area (Å²) in [6.07, 6.45) is 4.02. The predicted octanol–water partition coefficient (Wildman–Crippen LogP) is 2.48. The first-order valence-corrected chi connectivity index (χ1v) is 9.40. The van der Waals surface area contributed by atoms with Crippen molar-refractivity contribution >= 4 is 23.8 Å². The lowest BCUT2D eigenvalue weighted by molar-refractivity contribution is -0.122. The summed E-state index contributed by atoms with van der Waals surface area (Å²) in [6.45, 7) is 1.36. The van der Waals surface area contributed by atoms with E-state index in [0.29, 0.717) is 5.56 Å². The van der Waals surface area contributed by atoms with E-state index in [4.69, 9.17) is 5.21 Å². The molecule has 1 aliphatic rings. The highest BCUT2D eigenvalue weighted by Gasteiger charge is 2.24. The zero-order chi connectivity index (χ0) is 20.8. The Hall–Kier alpha value is -3.45. The minimum absolute atomic E-state index is 0.173. The largest absolute Gasteiger partial charge is 0.344 e. The molecule has 4 N–H and O–H groups in total. The maximum absolute atomic E-state index is 12.9. The van der Waals surface area contributed by atoms with Crippen LogP contribution in [0.5, 0.6) is 0 Å². The molecule has 3 rings (SSSR count). The molecule has 0 radical (unpaired) electrons. The van der Waals surface area contributed by atoms with Gasteiger partial charge in [-0.25, -0.2) is 5.48 Å². The molecule has 2 aromatic carbocycles. The van der Waals surface area contributed by atoms with Gasteiger partial charge in [-0.1, -0.05) is 36.4 Å². The van der Waals surface area contributed by atoms with Gasteiger partial charge in [0, 0.05) is 12.5 Å². The van der Waals surface area contributed by atoms with Gasteiger partial charge in [-0.3, -0.25) is 19.6 Å². The summed E-state index contributed by atoms with van der Waals surface area (Å²) in [7, 11) is 0. The molecule has 0 aliphatic heterocycles. The standard InChI is InChI=1S/C22H23N3O4/c1-14(26)23-20(12-15-6-3-2-4-7-15)22(28)24-19-9-5-8-16-13-17(21(27)25-29)10-11-18(16)19/h2-4,6-7,10-13,19,29H,5,8-9H2,1H3,(H,23,26)(H,24,28)(H,25,27)/b20-12-. The highest BCUT2D eigenvalue weighted by Crippen LogP contribution is 2.30. The fraction of sp³-hybridized carbons (Fsp3) is 0.227. The van der Waals surface area contributed by atoms with Crippen molar-refractivity contribution in [1.82, 2.24) is 16.1 Å². The van der Waals surface area contributed by atoms with Gasteiger partial charge in [0.25, 0.3) is 11.8 Å². The number of carbonyl (C=O) groups excluding carboxylic acids is 3. The van der Waals surface area contributed by atoms with Crippen molar-refractivity contribution in [2.24, 2.45) is 0 Å². The number of hydroxylamine groups is 1. The van der Waals surface area contributed by atoms with E-state index in [9.17, 15) is 14.4 Å². The van der Waals surface area contributed by atoms with Crippen LogP contribution in [-0.2, 0) is 16.0 Å². The van der Waals surface area contributed by atoms with Gasteiger partial charge in [-0.2, -0.15) is 0 Å². The van der Waals surface area contributed by atoms with E-state index in [1.54, 1.807) is 29.8 Å². The third-order valence-corrected chi connectivity index (χ3v) is 4.79. The Bertz CT molecular complexity index is 954. The smallest absolute Gasteiger partial charge is 0.274 e. The molecule has 2 aromatic rings. The molecule has 0 fully saturated rings. The maximum Gasteiger partial charge on any atom is 0.274 e. The lowest BCUT2D eigenvalue weighted by atomic mass is 9.86. The molecule has 7 heteroatoms. The van der Waals surface area contributed by atoms with E-state index in [2.05, 4.69) is 10.6 Å². The second kappa shape index (κ2) is 9.16. The average Bonchev–Trinajstić information content (AvgIpc) is 2.73. The zero-order valence-electron chi connectivity index (χ0n) is 16.1. The molecule has 150 valence electrons. The summed E-state index contributed by atoms with van der Waals surface area (Å²) < 4.78 is 0. The Morgan fingerprint density at radius 3 is 2.55 bits per heavy atom. The molecule has 0 bridgehead atoms. The number of fused-ring (bicyclic) bond motifs is 1. The molecule has 1 unspecified atom stereocenters. The summed E-state index contributed by atoms with van der Waals surface area (Å²) in [4.78, 5) is 36.1. The molecule has 0 spiro atoms. The Morgan fingerprint density at radius 2 is 1.86 bits per heavy atom. The first-order chi connectivity index (χ1) is 14.0. The Balaban J connectivity index is 1.83. The number of amides is 3. The highest BCUT2D eigenvalue weighted by atomic mass is 16.5. The zero-order valence-corrected chi connectivity index (χ0v) is 16.1. The van der Waals surface area contributed by atoms with Crippen molar-refractivity contribution in [3.63, 3.8) is 0 Å². The van der Waals surface area contributed by atoms with Crippen LogP contribution in [0.4, 0.5) is 0 Å². The first-order valence-electron chi connectivity index (χ1n) is 9.40. The van der Waals surface area contributed by atoms with Crippen LogP contribution in [0.1, 0.15) is 52.9 Å². The van der Waals surface area contributed by atoms with Gasteiger partial charge < -0.3 is 10.6 Å². The average molecular weight is 393 g/mol. The van der Waals surface area contributed by atoms with E-state index in [1.807, 2.05) is 30.3 Å². The summed E-state index contributed by atoms with van der Waals surface area (Å²) in [5, 5.41) is 14.4. The summed E-state index contributed by atoms with van der Waals surface area (Å²) in [6, 6.07) is 14.2. The van der Waals surface area contributed by atoms with Gasteiger partial charge in [0.2, 0.25) is 5.91 Å². The van der Waals surface area contributed by atoms with E-state index in [0.717, 1.165) is 36.0 Å². The molecule has 0 heterocycles. The van der Waals surface area contributed by atoms with Crippen LogP contribution in [0.25, 0.3) is 6.08 Å². The number of aryl methyl sites for hydroxylation is 1. The molecule has 29 heavy (non-hydrogen) atoms. The van der Waals surface area contributed by atoms with Crippen LogP contribution in [0.2, 0.25) is 0 Å². The van der Waals surface area contributed by atoms with Gasteiger partial charge in [0.1, 0.15) is 5.70 Å². The molecule has 0 aromatic heterocycles. The Kier molecular flexibility index (Phi) is 6.41. The van der Waals surface area contributed by atoms with Crippen molar-refractivity contribution < 1.29 is 19.6 Å². The number of hydrogen-bond acceptors (Lipinski definition) is 4. The van der Waals surface area contributed by atoms with Crippen molar-refractivity contribution in [1.29, 1.82) is 0 Å². The number of nitrogens with one attached hydrogen (secondary N) is 3. The quantitative estimate of drug-likeness (QED) is 0.356. The first kappa shape index (κ1) is 20.3. The molecule has 1 atom stereocenters. The molecule has 7 nitrogen and oxygen atoms in total. The van der Waals surface area contributed by atoms with E-state index < -0.39 is 5.91 Å². The van der Waals surface area contributed by atoms with Crippen molar-refractivity contribution in [2.75, 3.05) is 0 Å². The lowest BCUT2D eigenvalue weighted by Crippen LogP contribution is -2.37. The molecule has 0 saturated heterocycles. The Morgan fingerprint density at radius 1 is 1.10 bits per heavy atom. The topological polar surface area (TPSA) is 108 Å². The van der Waals surface area contributed by atoms with Crippen molar-refractivity contribution in [2.45, 2.75) is 32.2 Å². The third kappa shape index (κ3) is 5.08. The van der Waals surface area contributed by atoms with E-state index in [-0.39, 0.29) is 23.6 Å². The van der Waals surface area contributed by atoms with Gasteiger partial charge in [0.15, 0.2) is 0 Å². The van der Waals surface area contributed by atoms with Gasteiger partial charge in [-0.05, 0) is 54.2 Å². The second-order valence-electron chi connectivity index (χ2n) is 6.92. The third-order valence-electron chi connectivity index (χ3n) is 4.79. The SMILES string of the molecule is CC(=O)N/C(=C\c1ccccc1)C(=O)NC1CCCc2cc(C(=O)NO)ccc21. The van der Waals surface area contributed by atoms with Crippen LogP contribution in [0, 0.1) is 0 Å². The Labute approximate surface area is 168 Å². The fourth-order valence-corrected chi connectivity index (χ4v) is 3.47. The molecular formula is C22H23N3O4. The highest BCUT2D eigenvalue weighted by molar-refractivity contribution is 6.01. The number of benzene rings is 2. The van der Waals surface area contributed by atoms with Crippen molar-refractivity contribution in [3.8, 4) is 0 Å². The van der Waals surface area contributed by atoms with Gasteiger partial charge >= 0.3 is 0 Å².